The molecule has 1 amide bonds. The predicted octanol–water partition coefficient (Wildman–Crippen LogP) is 1.37. The predicted molar refractivity (Wildman–Crippen MR) is 78.1 cm³/mol. The summed E-state index contributed by atoms with van der Waals surface area (Å²) in [6, 6.07) is 0.816. The zero-order valence-electron chi connectivity index (χ0n) is 12.5. The van der Waals surface area contributed by atoms with Crippen LogP contribution >= 0.6 is 0 Å². The van der Waals surface area contributed by atoms with Crippen LogP contribution in [0.2, 0.25) is 0 Å². The lowest BCUT2D eigenvalue weighted by molar-refractivity contribution is -0.126. The third kappa shape index (κ3) is 4.77. The van der Waals surface area contributed by atoms with E-state index >= 15 is 0 Å². The fourth-order valence-corrected chi connectivity index (χ4v) is 2.80. The lowest BCUT2D eigenvalue weighted by atomic mass is 9.96. The zero-order chi connectivity index (χ0) is 13.7. The third-order valence-corrected chi connectivity index (χ3v) is 4.30. The second-order valence-corrected chi connectivity index (χ2v) is 6.15. The molecule has 2 fully saturated rings. The van der Waals surface area contributed by atoms with E-state index in [1.807, 2.05) is 6.92 Å². The van der Waals surface area contributed by atoms with Crippen molar-refractivity contribution in [3.05, 3.63) is 0 Å². The van der Waals surface area contributed by atoms with Crippen molar-refractivity contribution in [2.45, 2.75) is 58.0 Å². The average Bonchev–Trinajstić information content (AvgIpc) is 3.26. The molecule has 0 spiro atoms. The van der Waals surface area contributed by atoms with E-state index < -0.39 is 0 Å². The fourth-order valence-electron chi connectivity index (χ4n) is 2.80. The molecule has 1 aliphatic carbocycles. The molecule has 4 heteroatoms. The summed E-state index contributed by atoms with van der Waals surface area (Å²) >= 11 is 0. The summed E-state index contributed by atoms with van der Waals surface area (Å²) in [7, 11) is 0. The number of hydrogen-bond donors (Lipinski definition) is 2. The van der Waals surface area contributed by atoms with Crippen LogP contribution in [-0.2, 0) is 4.79 Å². The average molecular weight is 267 g/mol. The summed E-state index contributed by atoms with van der Waals surface area (Å²) in [6.07, 6.45) is 6.24. The highest BCUT2D eigenvalue weighted by atomic mass is 16.2. The summed E-state index contributed by atoms with van der Waals surface area (Å²) in [6.45, 7) is 8.20. The van der Waals surface area contributed by atoms with Crippen molar-refractivity contribution in [2.75, 3.05) is 26.2 Å². The summed E-state index contributed by atoms with van der Waals surface area (Å²) in [5.41, 5.74) is 0. The van der Waals surface area contributed by atoms with Gasteiger partial charge < -0.3 is 10.6 Å². The molecule has 0 aromatic rings. The maximum absolute atomic E-state index is 12.0. The van der Waals surface area contributed by atoms with Crippen LogP contribution < -0.4 is 10.6 Å². The number of carbonyl (C=O) groups excluding carboxylic acids is 1. The van der Waals surface area contributed by atoms with Crippen LogP contribution in [0.4, 0.5) is 0 Å². The molecule has 0 aromatic heterocycles. The Balaban J connectivity index is 1.73. The lowest BCUT2D eigenvalue weighted by Crippen LogP contribution is -2.50. The van der Waals surface area contributed by atoms with Gasteiger partial charge in [0.2, 0.25) is 5.91 Å². The van der Waals surface area contributed by atoms with E-state index in [1.165, 1.54) is 25.7 Å². The number of piperidine rings is 1. The van der Waals surface area contributed by atoms with Crippen LogP contribution in [0.25, 0.3) is 0 Å². The van der Waals surface area contributed by atoms with Crippen molar-refractivity contribution >= 4 is 5.91 Å². The first-order valence-corrected chi connectivity index (χ1v) is 7.95. The highest BCUT2D eigenvalue weighted by molar-refractivity contribution is 5.81. The van der Waals surface area contributed by atoms with Crippen molar-refractivity contribution in [1.29, 1.82) is 0 Å². The topological polar surface area (TPSA) is 44.4 Å². The summed E-state index contributed by atoms with van der Waals surface area (Å²) in [5.74, 6) is 0.911. The molecule has 110 valence electrons. The molecule has 2 rings (SSSR count). The molecule has 1 saturated carbocycles. The Morgan fingerprint density at radius 1 is 1.37 bits per heavy atom. The van der Waals surface area contributed by atoms with Gasteiger partial charge in [0, 0.05) is 19.1 Å². The molecule has 0 radical (unpaired) electrons. The van der Waals surface area contributed by atoms with Gasteiger partial charge in [-0.2, -0.15) is 0 Å². The van der Waals surface area contributed by atoms with Gasteiger partial charge in [0.05, 0.1) is 6.04 Å². The first-order valence-electron chi connectivity index (χ1n) is 7.95. The minimum atomic E-state index is 0.0234. The maximum Gasteiger partial charge on any atom is 0.237 e. The van der Waals surface area contributed by atoms with Crippen LogP contribution in [-0.4, -0.2) is 49.1 Å². The van der Waals surface area contributed by atoms with Crippen molar-refractivity contribution in [1.82, 2.24) is 15.5 Å². The van der Waals surface area contributed by atoms with E-state index in [-0.39, 0.29) is 11.9 Å². The van der Waals surface area contributed by atoms with Crippen LogP contribution in [0.15, 0.2) is 0 Å². The molecule has 19 heavy (non-hydrogen) atoms. The van der Waals surface area contributed by atoms with Crippen molar-refractivity contribution in [3.63, 3.8) is 0 Å². The fraction of sp³-hybridized carbons (Fsp3) is 0.933. The molecular weight excluding hydrogens is 238 g/mol. The van der Waals surface area contributed by atoms with Crippen LogP contribution in [0.1, 0.15) is 46.0 Å². The van der Waals surface area contributed by atoms with Gasteiger partial charge in [-0.25, -0.2) is 0 Å². The van der Waals surface area contributed by atoms with Crippen LogP contribution in [0.3, 0.4) is 0 Å². The first-order chi connectivity index (χ1) is 9.20. The van der Waals surface area contributed by atoms with E-state index in [4.69, 9.17) is 0 Å². The zero-order valence-corrected chi connectivity index (χ0v) is 12.5. The molecule has 0 aromatic carbocycles. The second-order valence-electron chi connectivity index (χ2n) is 6.15. The summed E-state index contributed by atoms with van der Waals surface area (Å²) < 4.78 is 0. The van der Waals surface area contributed by atoms with Crippen molar-refractivity contribution in [2.24, 2.45) is 5.92 Å². The van der Waals surface area contributed by atoms with Gasteiger partial charge in [-0.05, 0) is 58.0 Å². The Morgan fingerprint density at radius 2 is 2.16 bits per heavy atom. The number of amides is 1. The highest BCUT2D eigenvalue weighted by Gasteiger charge is 2.28. The van der Waals surface area contributed by atoms with Crippen LogP contribution in [0, 0.1) is 5.92 Å². The van der Waals surface area contributed by atoms with Gasteiger partial charge in [-0.15, -0.1) is 0 Å². The Hall–Kier alpha value is -0.610. The minimum Gasteiger partial charge on any atom is -0.355 e. The summed E-state index contributed by atoms with van der Waals surface area (Å²) in [4.78, 5) is 14.4. The Bertz CT molecular complexity index is 291. The molecule has 2 aliphatic rings. The number of nitrogens with one attached hydrogen (secondary N) is 2. The smallest absolute Gasteiger partial charge is 0.237 e. The standard InChI is InChI=1S/C15H29N3O/c1-3-8-16-15(19)12(2)18-9-4-5-13(11-18)10-17-14-6-7-14/h12-14,17H,3-11H2,1-2H3,(H,16,19). The van der Waals surface area contributed by atoms with E-state index in [0.29, 0.717) is 0 Å². The Labute approximate surface area is 117 Å². The molecule has 0 bridgehead atoms. The molecular formula is C15H29N3O. The molecule has 1 saturated heterocycles. The third-order valence-electron chi connectivity index (χ3n) is 4.30. The second kappa shape index (κ2) is 7.25. The lowest BCUT2D eigenvalue weighted by Gasteiger charge is -2.36. The Kier molecular flexibility index (Phi) is 5.64. The monoisotopic (exact) mass is 267 g/mol. The largest absolute Gasteiger partial charge is 0.355 e. The number of hydrogen-bond acceptors (Lipinski definition) is 3. The van der Waals surface area contributed by atoms with Gasteiger partial charge >= 0.3 is 0 Å². The SMILES string of the molecule is CCCNC(=O)C(C)N1CCCC(CNC2CC2)C1. The summed E-state index contributed by atoms with van der Waals surface area (Å²) in [5, 5.41) is 6.63. The first kappa shape index (κ1) is 14.8. The van der Waals surface area contributed by atoms with Crippen LogP contribution in [0.5, 0.6) is 0 Å². The molecule has 4 nitrogen and oxygen atoms in total. The maximum atomic E-state index is 12.0. The van der Waals surface area contributed by atoms with Gasteiger partial charge in [0.1, 0.15) is 0 Å². The minimum absolute atomic E-state index is 0.0234. The van der Waals surface area contributed by atoms with E-state index in [0.717, 1.165) is 44.6 Å². The van der Waals surface area contributed by atoms with E-state index in [9.17, 15) is 4.79 Å². The number of carbonyl (C=O) groups is 1. The van der Waals surface area contributed by atoms with Gasteiger partial charge in [0.15, 0.2) is 0 Å². The van der Waals surface area contributed by atoms with Gasteiger partial charge in [-0.1, -0.05) is 6.92 Å². The van der Waals surface area contributed by atoms with E-state index in [1.54, 1.807) is 0 Å². The number of rotatable bonds is 7. The molecule has 2 atom stereocenters. The van der Waals surface area contributed by atoms with Gasteiger partial charge in [-0.3, -0.25) is 9.69 Å². The molecule has 2 unspecified atom stereocenters. The number of likely N-dealkylation sites (tertiary alicyclic amines) is 1. The van der Waals surface area contributed by atoms with Crippen molar-refractivity contribution < 1.29 is 4.79 Å². The number of nitrogens with zero attached hydrogens (tertiary/aromatic N) is 1. The van der Waals surface area contributed by atoms with E-state index in [2.05, 4.69) is 22.5 Å². The molecule has 1 aliphatic heterocycles. The highest BCUT2D eigenvalue weighted by Crippen LogP contribution is 2.22. The normalized spacial score (nSPS) is 26.1. The van der Waals surface area contributed by atoms with Crippen molar-refractivity contribution in [3.8, 4) is 0 Å². The Morgan fingerprint density at radius 3 is 2.84 bits per heavy atom. The molecule has 2 N–H and O–H groups in total. The quantitative estimate of drug-likeness (QED) is 0.732. The molecule has 1 heterocycles. The van der Waals surface area contributed by atoms with Gasteiger partial charge in [0.25, 0.3) is 0 Å².